The number of aliphatic carboxylic acids is 1. The summed E-state index contributed by atoms with van der Waals surface area (Å²) in [5.74, 6) is -1.09. The van der Waals surface area contributed by atoms with Crippen LogP contribution in [0.2, 0.25) is 0 Å². The summed E-state index contributed by atoms with van der Waals surface area (Å²) in [7, 11) is 0. The Morgan fingerprint density at radius 2 is 1.73 bits per heavy atom. The number of carboxylic acid groups (broad SMARTS) is 1. The van der Waals surface area contributed by atoms with Gasteiger partial charge in [-0.25, -0.2) is 9.59 Å². The first-order valence-electron chi connectivity index (χ1n) is 6.35. The summed E-state index contributed by atoms with van der Waals surface area (Å²) < 4.78 is 8.35. The van der Waals surface area contributed by atoms with Crippen molar-refractivity contribution in [3.63, 3.8) is 0 Å². The van der Waals surface area contributed by atoms with Crippen molar-refractivity contribution in [3.8, 4) is 0 Å². The second-order valence-electron chi connectivity index (χ2n) is 5.61. The lowest BCUT2D eigenvalue weighted by atomic mass is 10.1. The van der Waals surface area contributed by atoms with Crippen molar-refractivity contribution in [3.05, 3.63) is 28.4 Å². The molecule has 2 N–H and O–H groups in total. The van der Waals surface area contributed by atoms with Crippen LogP contribution in [0.25, 0.3) is 0 Å². The summed E-state index contributed by atoms with van der Waals surface area (Å²) in [6.07, 6.45) is -0.521. The van der Waals surface area contributed by atoms with Gasteiger partial charge in [0.15, 0.2) is 0 Å². The first-order valence-corrected chi connectivity index (χ1v) is 9.59. The van der Waals surface area contributed by atoms with Crippen molar-refractivity contribution < 1.29 is 19.4 Å². The molecule has 0 saturated carbocycles. The maximum atomic E-state index is 11.8. The average Bonchev–Trinajstić information content (AvgIpc) is 2.32. The van der Waals surface area contributed by atoms with Gasteiger partial charge in [0.25, 0.3) is 0 Å². The lowest BCUT2D eigenvalue weighted by Crippen LogP contribution is -2.44. The van der Waals surface area contributed by atoms with Gasteiger partial charge in [0.05, 0.1) is 0 Å². The fraction of sp³-hybridized carbons (Fsp3) is 0.429. The molecule has 0 aliphatic heterocycles. The minimum atomic E-state index is -1.09. The molecule has 1 aromatic rings. The monoisotopic (exact) mass is 643 g/mol. The molecule has 22 heavy (non-hydrogen) atoms. The number of carbonyl (C=O) groups excluding carboxylic acids is 1. The van der Waals surface area contributed by atoms with Gasteiger partial charge in [-0.1, -0.05) is 0 Å². The van der Waals surface area contributed by atoms with Crippen LogP contribution in [0, 0.1) is 10.7 Å². The number of hydrogen-bond donors (Lipinski definition) is 2. The van der Waals surface area contributed by atoms with Crippen molar-refractivity contribution in [2.24, 2.45) is 0 Å². The molecular formula is C14H16I3NO4. The van der Waals surface area contributed by atoms with Gasteiger partial charge in [-0.05, 0) is 106 Å². The van der Waals surface area contributed by atoms with E-state index in [0.29, 0.717) is 0 Å². The van der Waals surface area contributed by atoms with Crippen molar-refractivity contribution in [1.29, 1.82) is 0 Å². The number of carbonyl (C=O) groups is 2. The van der Waals surface area contributed by atoms with E-state index in [0.717, 1.165) is 16.3 Å². The minimum Gasteiger partial charge on any atom is -0.480 e. The molecule has 0 saturated heterocycles. The zero-order chi connectivity index (χ0) is 17.1. The van der Waals surface area contributed by atoms with E-state index >= 15 is 0 Å². The van der Waals surface area contributed by atoms with Gasteiger partial charge in [0.1, 0.15) is 11.6 Å². The smallest absolute Gasteiger partial charge is 0.408 e. The summed E-state index contributed by atoms with van der Waals surface area (Å²) in [6, 6.07) is 2.83. The highest BCUT2D eigenvalue weighted by atomic mass is 127. The van der Waals surface area contributed by atoms with Crippen LogP contribution in [0.3, 0.4) is 0 Å². The van der Waals surface area contributed by atoms with E-state index < -0.39 is 23.7 Å². The van der Waals surface area contributed by atoms with Crippen LogP contribution in [-0.4, -0.2) is 28.8 Å². The number of alkyl carbamates (subject to hydrolysis) is 1. The normalized spacial score (nSPS) is 12.6. The number of nitrogens with one attached hydrogen (secondary N) is 1. The lowest BCUT2D eigenvalue weighted by molar-refractivity contribution is -0.139. The van der Waals surface area contributed by atoms with E-state index in [2.05, 4.69) is 73.1 Å². The van der Waals surface area contributed by atoms with Crippen molar-refractivity contribution in [2.45, 2.75) is 38.8 Å². The Morgan fingerprint density at radius 3 is 2.14 bits per heavy atom. The van der Waals surface area contributed by atoms with Crippen LogP contribution in [0.15, 0.2) is 12.1 Å². The summed E-state index contributed by atoms with van der Waals surface area (Å²) >= 11 is 6.67. The number of hydrogen-bond acceptors (Lipinski definition) is 3. The molecule has 1 atom stereocenters. The van der Waals surface area contributed by atoms with Gasteiger partial charge < -0.3 is 15.2 Å². The van der Waals surface area contributed by atoms with Gasteiger partial charge in [-0.15, -0.1) is 0 Å². The SMILES string of the molecule is CC(C)(C)OC(=O)N[C@@H](Cc1cc(I)c(I)c(I)c1)C(=O)O. The number of amides is 1. The molecule has 0 heterocycles. The molecule has 0 fully saturated rings. The molecule has 1 rings (SSSR count). The molecule has 0 unspecified atom stereocenters. The van der Waals surface area contributed by atoms with Gasteiger partial charge in [-0.3, -0.25) is 0 Å². The number of halogens is 3. The molecule has 0 aromatic heterocycles. The van der Waals surface area contributed by atoms with Gasteiger partial charge >= 0.3 is 12.1 Å². The van der Waals surface area contributed by atoms with E-state index in [9.17, 15) is 14.7 Å². The van der Waals surface area contributed by atoms with Crippen LogP contribution in [0.4, 0.5) is 4.79 Å². The van der Waals surface area contributed by atoms with E-state index in [1.165, 1.54) is 0 Å². The molecule has 0 aliphatic carbocycles. The van der Waals surface area contributed by atoms with Crippen LogP contribution >= 0.6 is 67.8 Å². The van der Waals surface area contributed by atoms with E-state index in [4.69, 9.17) is 4.74 Å². The number of benzene rings is 1. The molecule has 0 bridgehead atoms. The molecule has 1 aromatic carbocycles. The predicted octanol–water partition coefficient (Wildman–Crippen LogP) is 4.02. The van der Waals surface area contributed by atoms with Crippen LogP contribution in [0.5, 0.6) is 0 Å². The zero-order valence-electron chi connectivity index (χ0n) is 12.2. The lowest BCUT2D eigenvalue weighted by Gasteiger charge is -2.22. The second kappa shape index (κ2) is 8.31. The molecule has 122 valence electrons. The molecule has 0 spiro atoms. The van der Waals surface area contributed by atoms with Crippen LogP contribution < -0.4 is 5.32 Å². The topological polar surface area (TPSA) is 75.6 Å². The van der Waals surface area contributed by atoms with Gasteiger partial charge in [-0.2, -0.15) is 0 Å². The summed E-state index contributed by atoms with van der Waals surface area (Å²) in [6.45, 7) is 5.19. The van der Waals surface area contributed by atoms with Crippen LogP contribution in [0.1, 0.15) is 26.3 Å². The number of rotatable bonds is 4. The van der Waals surface area contributed by atoms with Crippen LogP contribution in [-0.2, 0) is 16.0 Å². The summed E-state index contributed by atoms with van der Waals surface area (Å²) in [5, 5.41) is 11.7. The fourth-order valence-electron chi connectivity index (χ4n) is 1.61. The quantitative estimate of drug-likeness (QED) is 0.385. The standard InChI is InChI=1S/C14H16I3NO4/c1-14(2,3)22-13(21)18-10(12(19)20)6-7-4-8(15)11(17)9(16)5-7/h4-5,10H,6H2,1-3H3,(H,18,21)(H,19,20)/t10-/m0/s1. The third-order valence-electron chi connectivity index (χ3n) is 2.47. The van der Waals surface area contributed by atoms with E-state index in [-0.39, 0.29) is 6.42 Å². The van der Waals surface area contributed by atoms with E-state index in [1.807, 2.05) is 12.1 Å². The second-order valence-corrected chi connectivity index (χ2v) is 9.02. The molecular weight excluding hydrogens is 627 g/mol. The minimum absolute atomic E-state index is 0.206. The Morgan fingerprint density at radius 1 is 1.23 bits per heavy atom. The fourth-order valence-corrected chi connectivity index (χ4v) is 3.82. The maximum Gasteiger partial charge on any atom is 0.408 e. The van der Waals surface area contributed by atoms with Gasteiger partial charge in [0.2, 0.25) is 0 Å². The van der Waals surface area contributed by atoms with E-state index in [1.54, 1.807) is 20.8 Å². The highest BCUT2D eigenvalue weighted by Crippen LogP contribution is 2.24. The maximum absolute atomic E-state index is 11.8. The third kappa shape index (κ3) is 6.72. The largest absolute Gasteiger partial charge is 0.480 e. The molecule has 5 nitrogen and oxygen atoms in total. The van der Waals surface area contributed by atoms with Crippen molar-refractivity contribution in [2.75, 3.05) is 0 Å². The van der Waals surface area contributed by atoms with Crippen molar-refractivity contribution in [1.82, 2.24) is 5.32 Å². The first-order chi connectivity index (χ1) is 9.99. The van der Waals surface area contributed by atoms with Crippen molar-refractivity contribution >= 4 is 79.8 Å². The third-order valence-corrected chi connectivity index (χ3v) is 7.40. The zero-order valence-corrected chi connectivity index (χ0v) is 18.7. The summed E-state index contributed by atoms with van der Waals surface area (Å²) in [5.41, 5.74) is 0.193. The highest BCUT2D eigenvalue weighted by molar-refractivity contribution is 14.1. The number of carboxylic acids is 1. The first kappa shape index (κ1) is 20.2. The molecule has 0 aliphatic rings. The highest BCUT2D eigenvalue weighted by Gasteiger charge is 2.24. The molecule has 8 heteroatoms. The summed E-state index contributed by atoms with van der Waals surface area (Å²) in [4.78, 5) is 23.1. The molecule has 0 radical (unpaired) electrons. The number of ether oxygens (including phenoxy) is 1. The predicted molar refractivity (Wildman–Crippen MR) is 109 cm³/mol. The Kier molecular flexibility index (Phi) is 7.63. The Bertz CT molecular complexity index is 561. The molecule has 1 amide bonds. The van der Waals surface area contributed by atoms with Gasteiger partial charge in [0, 0.05) is 17.1 Å². The Labute approximate surface area is 170 Å². The Balaban J connectivity index is 2.85. The average molecular weight is 643 g/mol. The Hall–Kier alpha value is 0.150.